The molecule has 8 heteroatoms. The van der Waals surface area contributed by atoms with E-state index in [-0.39, 0.29) is 18.1 Å². The Morgan fingerprint density at radius 1 is 1.36 bits per heavy atom. The van der Waals surface area contributed by atoms with Crippen molar-refractivity contribution < 1.29 is 4.79 Å². The van der Waals surface area contributed by atoms with Gasteiger partial charge in [0, 0.05) is 50.3 Å². The van der Waals surface area contributed by atoms with Gasteiger partial charge in [-0.05, 0) is 32.8 Å². The summed E-state index contributed by atoms with van der Waals surface area (Å²) in [5, 5.41) is 10.4. The molecule has 2 amide bonds. The largest absolute Gasteiger partial charge is 0.339 e. The Morgan fingerprint density at radius 2 is 2.12 bits per heavy atom. The number of aromatic nitrogens is 4. The number of hydrogen-bond acceptors (Lipinski definition) is 5. The van der Waals surface area contributed by atoms with Crippen LogP contribution >= 0.6 is 0 Å². The van der Waals surface area contributed by atoms with Crippen LogP contribution in [-0.4, -0.2) is 44.9 Å². The van der Waals surface area contributed by atoms with Gasteiger partial charge in [0.2, 0.25) is 5.95 Å². The molecule has 0 radical (unpaired) electrons. The number of urea groups is 1. The highest BCUT2D eigenvalue weighted by atomic mass is 16.2. The maximum absolute atomic E-state index is 12.4. The van der Waals surface area contributed by atoms with Gasteiger partial charge >= 0.3 is 6.03 Å². The predicted octanol–water partition coefficient (Wildman–Crippen LogP) is 1.55. The molecule has 2 N–H and O–H groups in total. The average Bonchev–Trinajstić information content (AvgIpc) is 2.94. The maximum atomic E-state index is 12.4. The van der Waals surface area contributed by atoms with E-state index < -0.39 is 0 Å². The fourth-order valence-electron chi connectivity index (χ4n) is 3.28. The van der Waals surface area contributed by atoms with Gasteiger partial charge in [-0.2, -0.15) is 5.10 Å². The van der Waals surface area contributed by atoms with Crippen LogP contribution in [0.1, 0.15) is 37.1 Å². The van der Waals surface area contributed by atoms with Crippen LogP contribution < -0.4 is 15.5 Å². The molecule has 2 atom stereocenters. The van der Waals surface area contributed by atoms with E-state index in [1.54, 1.807) is 23.1 Å². The summed E-state index contributed by atoms with van der Waals surface area (Å²) < 4.78 is 1.76. The smallest absolute Gasteiger partial charge is 0.315 e. The van der Waals surface area contributed by atoms with Crippen LogP contribution in [0.4, 0.5) is 10.7 Å². The normalized spacial score (nSPS) is 18.7. The Kier molecular flexibility index (Phi) is 5.16. The highest BCUT2D eigenvalue weighted by molar-refractivity contribution is 5.74. The molecule has 0 aliphatic carbocycles. The molecule has 2 aromatic heterocycles. The standard InChI is InChI=1S/C17H25N7O/c1-12(15-11-23(3)22-13(15)2)20-17(25)21-14-6-4-9-24(10-14)16-18-7-5-8-19-16/h5,7-8,11-12,14H,4,6,9-10H2,1-3H3,(H2,20,21,25). The Labute approximate surface area is 147 Å². The van der Waals surface area contributed by atoms with Crippen LogP contribution in [0.15, 0.2) is 24.7 Å². The number of aryl methyl sites for hydroxylation is 2. The molecule has 1 aliphatic rings. The monoisotopic (exact) mass is 343 g/mol. The summed E-state index contributed by atoms with van der Waals surface area (Å²) in [7, 11) is 1.88. The Morgan fingerprint density at radius 3 is 2.80 bits per heavy atom. The molecule has 0 aromatic carbocycles. The third-order valence-corrected chi connectivity index (χ3v) is 4.46. The minimum Gasteiger partial charge on any atom is -0.339 e. The summed E-state index contributed by atoms with van der Waals surface area (Å²) in [6.45, 7) is 5.55. The van der Waals surface area contributed by atoms with Crippen LogP contribution in [0, 0.1) is 6.92 Å². The molecule has 3 heterocycles. The number of anilines is 1. The average molecular weight is 343 g/mol. The van der Waals surface area contributed by atoms with Gasteiger partial charge in [0.1, 0.15) is 0 Å². The van der Waals surface area contributed by atoms with Crippen molar-refractivity contribution in [3.05, 3.63) is 35.9 Å². The number of piperidine rings is 1. The molecule has 134 valence electrons. The van der Waals surface area contributed by atoms with Crippen molar-refractivity contribution in [2.45, 2.75) is 38.8 Å². The highest BCUT2D eigenvalue weighted by Crippen LogP contribution is 2.17. The van der Waals surface area contributed by atoms with Crippen LogP contribution in [0.3, 0.4) is 0 Å². The zero-order valence-corrected chi connectivity index (χ0v) is 14.9. The van der Waals surface area contributed by atoms with Crippen molar-refractivity contribution in [3.63, 3.8) is 0 Å². The second-order valence-corrected chi connectivity index (χ2v) is 6.52. The third-order valence-electron chi connectivity index (χ3n) is 4.46. The van der Waals surface area contributed by atoms with Gasteiger partial charge in [-0.15, -0.1) is 0 Å². The summed E-state index contributed by atoms with van der Waals surface area (Å²) in [6, 6.07) is 1.64. The van der Waals surface area contributed by atoms with Crippen molar-refractivity contribution in [2.75, 3.05) is 18.0 Å². The first kappa shape index (κ1) is 17.2. The molecule has 0 spiro atoms. The van der Waals surface area contributed by atoms with Crippen LogP contribution in [0.25, 0.3) is 0 Å². The summed E-state index contributed by atoms with van der Waals surface area (Å²) in [6.07, 6.45) is 7.38. The minimum absolute atomic E-state index is 0.0831. The fraction of sp³-hybridized carbons (Fsp3) is 0.529. The first-order valence-electron chi connectivity index (χ1n) is 8.62. The van der Waals surface area contributed by atoms with E-state index in [1.807, 2.05) is 27.1 Å². The molecule has 0 saturated carbocycles. The zero-order chi connectivity index (χ0) is 17.8. The Balaban J connectivity index is 1.54. The number of rotatable bonds is 4. The topological polar surface area (TPSA) is 88.0 Å². The molecular weight excluding hydrogens is 318 g/mol. The number of nitrogens with zero attached hydrogens (tertiary/aromatic N) is 5. The number of amides is 2. The molecule has 1 aliphatic heterocycles. The van der Waals surface area contributed by atoms with Crippen LogP contribution in [-0.2, 0) is 7.05 Å². The molecule has 1 saturated heterocycles. The summed E-state index contributed by atoms with van der Waals surface area (Å²) >= 11 is 0. The zero-order valence-electron chi connectivity index (χ0n) is 14.9. The van der Waals surface area contributed by atoms with E-state index in [0.29, 0.717) is 5.95 Å². The van der Waals surface area contributed by atoms with Crippen molar-refractivity contribution in [2.24, 2.45) is 7.05 Å². The first-order valence-corrected chi connectivity index (χ1v) is 8.62. The summed E-state index contributed by atoms with van der Waals surface area (Å²) in [5.74, 6) is 0.716. The lowest BCUT2D eigenvalue weighted by Crippen LogP contribution is -2.51. The van der Waals surface area contributed by atoms with Crippen LogP contribution in [0.5, 0.6) is 0 Å². The van der Waals surface area contributed by atoms with Gasteiger partial charge in [0.25, 0.3) is 0 Å². The van der Waals surface area contributed by atoms with E-state index in [4.69, 9.17) is 0 Å². The summed E-state index contributed by atoms with van der Waals surface area (Å²) in [5.41, 5.74) is 1.96. The fourth-order valence-corrected chi connectivity index (χ4v) is 3.28. The molecule has 8 nitrogen and oxygen atoms in total. The SMILES string of the molecule is Cc1nn(C)cc1C(C)NC(=O)NC1CCCN(c2ncccn2)C1. The van der Waals surface area contributed by atoms with Gasteiger partial charge in [-0.1, -0.05) is 0 Å². The number of nitrogens with one attached hydrogen (secondary N) is 2. The van der Waals surface area contributed by atoms with E-state index in [2.05, 4.69) is 30.6 Å². The maximum Gasteiger partial charge on any atom is 0.315 e. The molecule has 25 heavy (non-hydrogen) atoms. The molecular formula is C17H25N7O. The second-order valence-electron chi connectivity index (χ2n) is 6.52. The van der Waals surface area contributed by atoms with Gasteiger partial charge in [-0.3, -0.25) is 4.68 Å². The van der Waals surface area contributed by atoms with Crippen molar-refractivity contribution in [1.82, 2.24) is 30.4 Å². The first-order chi connectivity index (χ1) is 12.0. The third kappa shape index (κ3) is 4.26. The number of carbonyl (C=O) groups excluding carboxylic acids is 1. The summed E-state index contributed by atoms with van der Waals surface area (Å²) in [4.78, 5) is 23.1. The van der Waals surface area contributed by atoms with E-state index in [1.165, 1.54) is 0 Å². The minimum atomic E-state index is -0.156. The quantitative estimate of drug-likeness (QED) is 0.879. The molecule has 2 aromatic rings. The molecule has 3 rings (SSSR count). The van der Waals surface area contributed by atoms with Crippen molar-refractivity contribution in [3.8, 4) is 0 Å². The lowest BCUT2D eigenvalue weighted by Gasteiger charge is -2.33. The van der Waals surface area contributed by atoms with Crippen molar-refractivity contribution in [1.29, 1.82) is 0 Å². The number of hydrogen-bond donors (Lipinski definition) is 2. The predicted molar refractivity (Wildman–Crippen MR) is 95.3 cm³/mol. The van der Waals surface area contributed by atoms with E-state index in [0.717, 1.165) is 37.2 Å². The van der Waals surface area contributed by atoms with E-state index in [9.17, 15) is 4.79 Å². The second kappa shape index (κ2) is 7.50. The Hall–Kier alpha value is -2.64. The number of carbonyl (C=O) groups is 1. The van der Waals surface area contributed by atoms with Gasteiger partial charge in [0.05, 0.1) is 11.7 Å². The van der Waals surface area contributed by atoms with Gasteiger partial charge in [0.15, 0.2) is 0 Å². The molecule has 1 fully saturated rings. The highest BCUT2D eigenvalue weighted by Gasteiger charge is 2.23. The lowest BCUT2D eigenvalue weighted by molar-refractivity contribution is 0.232. The lowest BCUT2D eigenvalue weighted by atomic mass is 10.1. The molecule has 0 bridgehead atoms. The molecule has 2 unspecified atom stereocenters. The van der Waals surface area contributed by atoms with Gasteiger partial charge < -0.3 is 15.5 Å². The van der Waals surface area contributed by atoms with Crippen LogP contribution in [0.2, 0.25) is 0 Å². The Bertz CT molecular complexity index is 715. The van der Waals surface area contributed by atoms with Crippen molar-refractivity contribution >= 4 is 12.0 Å². The van der Waals surface area contributed by atoms with Gasteiger partial charge in [-0.25, -0.2) is 14.8 Å². The van der Waals surface area contributed by atoms with E-state index >= 15 is 0 Å².